The summed E-state index contributed by atoms with van der Waals surface area (Å²) in [6, 6.07) is 11.8. The van der Waals surface area contributed by atoms with Gasteiger partial charge in [0.05, 0.1) is 24.7 Å². The summed E-state index contributed by atoms with van der Waals surface area (Å²) in [5, 5.41) is 1.25. The lowest BCUT2D eigenvalue weighted by Crippen LogP contribution is -2.65. The lowest BCUT2D eigenvalue weighted by Gasteiger charge is -2.55. The van der Waals surface area contributed by atoms with Gasteiger partial charge in [-0.2, -0.15) is 34.8 Å². The minimum Gasteiger partial charge on any atom is -0.438 e. The average Bonchev–Trinajstić information content (AvgIpc) is 3.37. The number of benzene rings is 2. The molecule has 0 radical (unpaired) electrons. The number of hydrogen-bond donors (Lipinski definition) is 0. The van der Waals surface area contributed by atoms with Crippen molar-refractivity contribution in [1.82, 2.24) is 0 Å². The van der Waals surface area contributed by atoms with E-state index in [0.717, 1.165) is 19.3 Å². The van der Waals surface area contributed by atoms with Crippen LogP contribution in [0.2, 0.25) is 0 Å². The highest BCUT2D eigenvalue weighted by Gasteiger charge is 2.77. The lowest BCUT2D eigenvalue weighted by atomic mass is 9.49. The van der Waals surface area contributed by atoms with E-state index in [4.69, 9.17) is 13.1 Å². The van der Waals surface area contributed by atoms with Gasteiger partial charge in [-0.25, -0.2) is 3.63 Å². The van der Waals surface area contributed by atoms with Gasteiger partial charge in [-0.15, -0.1) is 0 Å². The molecule has 0 spiro atoms. The van der Waals surface area contributed by atoms with Gasteiger partial charge < -0.3 is 14.2 Å². The van der Waals surface area contributed by atoms with Crippen molar-refractivity contribution in [2.45, 2.75) is 73.9 Å². The predicted molar refractivity (Wildman–Crippen MR) is 162 cm³/mol. The van der Waals surface area contributed by atoms with Gasteiger partial charge in [-0.1, -0.05) is 46.7 Å². The van der Waals surface area contributed by atoms with Crippen molar-refractivity contribution < 1.29 is 57.4 Å². The number of ether oxygens (including phenoxy) is 3. The van der Waals surface area contributed by atoms with Gasteiger partial charge in [0.25, 0.3) is 10.1 Å². The van der Waals surface area contributed by atoms with E-state index >= 15 is 0 Å². The maximum atomic E-state index is 14.8. The standard InChI is InChI=1S/C32H38F6O7S2/c1-42-10-11-43-25-9-12-46(19-25,27-8-4-6-24-5-2-3-7-26(24)27)45-47(40,41)20-30(31(33,34)35,32(36,37)38)44-28(39)29-16-21-13-22(17-29)15-23(14-21)18-29/h2-8,21-23,25H,9-20H2,1H3. The first-order chi connectivity index (χ1) is 22.0. The van der Waals surface area contributed by atoms with Crippen LogP contribution in [0.15, 0.2) is 47.4 Å². The van der Waals surface area contributed by atoms with Crippen LogP contribution in [0.5, 0.6) is 0 Å². The van der Waals surface area contributed by atoms with Crippen LogP contribution >= 0.6 is 10.3 Å². The van der Waals surface area contributed by atoms with Crippen molar-refractivity contribution in [3.63, 3.8) is 0 Å². The van der Waals surface area contributed by atoms with Gasteiger partial charge in [0, 0.05) is 23.5 Å². The molecule has 2 unspecified atom stereocenters. The van der Waals surface area contributed by atoms with Crippen molar-refractivity contribution >= 4 is 37.2 Å². The quantitative estimate of drug-likeness (QED) is 0.137. The fraction of sp³-hybridized carbons (Fsp3) is 0.656. The zero-order valence-corrected chi connectivity index (χ0v) is 27.4. The number of carbonyl (C=O) groups is 1. The Hall–Kier alpha value is -2.07. The number of carbonyl (C=O) groups excluding carboxylic acids is 1. The summed E-state index contributed by atoms with van der Waals surface area (Å²) >= 11 is 0. The first-order valence-corrected chi connectivity index (χ1v) is 19.2. The molecule has 2 atom stereocenters. The zero-order chi connectivity index (χ0) is 33.9. The van der Waals surface area contributed by atoms with Gasteiger partial charge in [0.15, 0.2) is 0 Å². The van der Waals surface area contributed by atoms with E-state index in [1.807, 2.05) is 0 Å². The summed E-state index contributed by atoms with van der Waals surface area (Å²) in [7, 11) is -7.28. The molecule has 5 fully saturated rings. The number of methoxy groups -OCH3 is 1. The Morgan fingerprint density at radius 1 is 0.894 bits per heavy atom. The fourth-order valence-electron chi connectivity index (χ4n) is 8.60. The molecule has 4 aliphatic carbocycles. The van der Waals surface area contributed by atoms with Crippen molar-refractivity contribution in [3.05, 3.63) is 42.5 Å². The van der Waals surface area contributed by atoms with Crippen molar-refractivity contribution in [2.24, 2.45) is 23.2 Å². The number of rotatable bonds is 11. The maximum Gasteiger partial charge on any atom is 0.438 e. The molecule has 1 heterocycles. The average molecular weight is 713 g/mol. The molecule has 0 N–H and O–H groups in total. The van der Waals surface area contributed by atoms with E-state index in [1.54, 1.807) is 42.5 Å². The molecule has 0 aromatic heterocycles. The van der Waals surface area contributed by atoms with Crippen LogP contribution in [0.1, 0.15) is 44.9 Å². The van der Waals surface area contributed by atoms with E-state index in [2.05, 4.69) is 4.74 Å². The second-order valence-electron chi connectivity index (χ2n) is 13.6. The van der Waals surface area contributed by atoms with Crippen LogP contribution in [0.4, 0.5) is 26.3 Å². The number of halogens is 6. The summed E-state index contributed by atoms with van der Waals surface area (Å²) in [6.45, 7) is 0.367. The number of alkyl halides is 6. The highest BCUT2D eigenvalue weighted by Crippen LogP contribution is 2.65. The minimum atomic E-state index is -6.32. The Morgan fingerprint density at radius 3 is 2.09 bits per heavy atom. The van der Waals surface area contributed by atoms with Crippen LogP contribution in [0.3, 0.4) is 0 Å². The molecular formula is C32H38F6O7S2. The van der Waals surface area contributed by atoms with E-state index in [1.165, 1.54) is 7.11 Å². The largest absolute Gasteiger partial charge is 0.438 e. The molecule has 47 heavy (non-hydrogen) atoms. The summed E-state index contributed by atoms with van der Waals surface area (Å²) < 4.78 is 137. The second-order valence-corrected chi connectivity index (χ2v) is 18.4. The summed E-state index contributed by atoms with van der Waals surface area (Å²) in [5.41, 5.74) is -6.83. The molecule has 2 aromatic carbocycles. The maximum absolute atomic E-state index is 14.8. The molecule has 0 amide bonds. The van der Waals surface area contributed by atoms with Crippen LogP contribution in [0, 0.1) is 23.2 Å². The fourth-order valence-corrected chi connectivity index (χ4v) is 15.0. The minimum absolute atomic E-state index is 0.00991. The third-order valence-electron chi connectivity index (χ3n) is 10.3. The van der Waals surface area contributed by atoms with E-state index < -0.39 is 61.6 Å². The van der Waals surface area contributed by atoms with Gasteiger partial charge in [-0.05, 0) is 79.5 Å². The molecule has 7 nitrogen and oxygen atoms in total. The first kappa shape index (κ1) is 34.8. The molecule has 2 aromatic rings. The Morgan fingerprint density at radius 2 is 1.49 bits per heavy atom. The summed E-state index contributed by atoms with van der Waals surface area (Å²) in [6.07, 6.45) is -10.3. The Labute approximate surface area is 271 Å². The highest BCUT2D eigenvalue weighted by molar-refractivity contribution is 8.33. The summed E-state index contributed by atoms with van der Waals surface area (Å²) in [4.78, 5) is 13.9. The number of hydrogen-bond acceptors (Lipinski definition) is 7. The van der Waals surface area contributed by atoms with Crippen molar-refractivity contribution in [3.8, 4) is 0 Å². The lowest BCUT2D eigenvalue weighted by molar-refractivity contribution is -0.364. The van der Waals surface area contributed by atoms with Gasteiger partial charge in [-0.3, -0.25) is 4.79 Å². The number of fused-ring (bicyclic) bond motifs is 1. The normalized spacial score (nSPS) is 32.4. The van der Waals surface area contributed by atoms with Crippen molar-refractivity contribution in [2.75, 3.05) is 37.6 Å². The Bertz CT molecular complexity index is 1540. The van der Waals surface area contributed by atoms with E-state index in [0.29, 0.717) is 15.7 Å². The first-order valence-electron chi connectivity index (χ1n) is 15.7. The zero-order valence-electron chi connectivity index (χ0n) is 25.8. The molecular weight excluding hydrogens is 674 g/mol. The molecule has 1 aliphatic heterocycles. The molecule has 7 rings (SSSR count). The molecule has 5 aliphatic rings. The van der Waals surface area contributed by atoms with E-state index in [9.17, 15) is 39.6 Å². The predicted octanol–water partition coefficient (Wildman–Crippen LogP) is 7.32. The smallest absolute Gasteiger partial charge is 0.438 e. The topological polar surface area (TPSA) is 88.1 Å². The van der Waals surface area contributed by atoms with Gasteiger partial charge in [0.2, 0.25) is 0 Å². The van der Waals surface area contributed by atoms with Crippen LogP contribution in [0.25, 0.3) is 10.8 Å². The second kappa shape index (κ2) is 12.4. The molecule has 15 heteroatoms. The van der Waals surface area contributed by atoms with Gasteiger partial charge in [0.1, 0.15) is 5.75 Å². The Balaban J connectivity index is 1.36. The molecule has 1 saturated heterocycles. The molecule has 4 bridgehead atoms. The molecule has 4 saturated carbocycles. The van der Waals surface area contributed by atoms with Crippen LogP contribution in [-0.4, -0.2) is 76.0 Å². The van der Waals surface area contributed by atoms with Crippen molar-refractivity contribution in [1.29, 1.82) is 0 Å². The highest BCUT2D eigenvalue weighted by atomic mass is 32.3. The monoisotopic (exact) mass is 712 g/mol. The van der Waals surface area contributed by atoms with Crippen LogP contribution in [-0.2, 0) is 32.8 Å². The number of esters is 1. The molecule has 262 valence electrons. The van der Waals surface area contributed by atoms with Gasteiger partial charge >= 0.3 is 23.9 Å². The van der Waals surface area contributed by atoms with Crippen LogP contribution < -0.4 is 0 Å². The SMILES string of the molecule is COCCOC1CCS(OS(=O)(=O)CC(OC(=O)C23CC4CC(CC(C4)C2)C3)(C(F)(F)F)C(F)(F)F)(c2cccc3ccccc23)C1. The summed E-state index contributed by atoms with van der Waals surface area (Å²) in [5.74, 6) is -4.32. The Kier molecular flexibility index (Phi) is 9.15. The van der Waals surface area contributed by atoms with E-state index in [-0.39, 0.29) is 68.2 Å². The third-order valence-corrected chi connectivity index (χ3v) is 15.9. The third kappa shape index (κ3) is 6.51.